The van der Waals surface area contributed by atoms with Crippen LogP contribution in [0.25, 0.3) is 0 Å². The molecule has 3 nitrogen and oxygen atoms in total. The quantitative estimate of drug-likeness (QED) is 0.817. The van der Waals surface area contributed by atoms with Crippen LogP contribution in [0.3, 0.4) is 0 Å². The number of rotatable bonds is 4. The lowest BCUT2D eigenvalue weighted by Gasteiger charge is -2.06. The van der Waals surface area contributed by atoms with E-state index >= 15 is 0 Å². The van der Waals surface area contributed by atoms with E-state index in [2.05, 4.69) is 27.9 Å². The van der Waals surface area contributed by atoms with Crippen molar-refractivity contribution in [2.24, 2.45) is 5.73 Å². The van der Waals surface area contributed by atoms with Gasteiger partial charge in [0.05, 0.1) is 0 Å². The third kappa shape index (κ3) is 6.30. The number of carbonyl (C=O) groups excluding carboxylic acids is 1. The highest BCUT2D eigenvalue weighted by Gasteiger charge is 2.03. The van der Waals surface area contributed by atoms with E-state index in [-0.39, 0.29) is 24.4 Å². The van der Waals surface area contributed by atoms with Crippen LogP contribution in [-0.2, 0) is 4.79 Å². The van der Waals surface area contributed by atoms with Crippen molar-refractivity contribution >= 4 is 46.6 Å². The predicted octanol–water partition coefficient (Wildman–Crippen LogP) is 2.78. The summed E-state index contributed by atoms with van der Waals surface area (Å²) in [6, 6.07) is 7.80. The van der Waals surface area contributed by atoms with Gasteiger partial charge < -0.3 is 11.1 Å². The SMILES string of the molecule is CC(N)CCC(=O)Nc1cccc(I)c1.Cl. The molecular weight excluding hydrogens is 338 g/mol. The van der Waals surface area contributed by atoms with Gasteiger partial charge >= 0.3 is 0 Å². The molecule has 1 rings (SSSR count). The summed E-state index contributed by atoms with van der Waals surface area (Å²) in [5.74, 6) is 0.0225. The maximum atomic E-state index is 11.5. The number of halogens is 2. The number of carbonyl (C=O) groups is 1. The molecule has 0 aliphatic carbocycles. The molecule has 0 fully saturated rings. The zero-order valence-corrected chi connectivity index (χ0v) is 12.0. The second-order valence-corrected chi connectivity index (χ2v) is 4.82. The van der Waals surface area contributed by atoms with Crippen molar-refractivity contribution in [1.29, 1.82) is 0 Å². The minimum absolute atomic E-state index is 0. The summed E-state index contributed by atoms with van der Waals surface area (Å²) in [6.07, 6.45) is 1.19. The Labute approximate surface area is 116 Å². The first-order chi connectivity index (χ1) is 7.08. The van der Waals surface area contributed by atoms with Crippen molar-refractivity contribution < 1.29 is 4.79 Å². The molecule has 1 amide bonds. The molecule has 0 bridgehead atoms. The van der Waals surface area contributed by atoms with Crippen molar-refractivity contribution in [1.82, 2.24) is 0 Å². The summed E-state index contributed by atoms with van der Waals surface area (Å²) >= 11 is 2.21. The Hall–Kier alpha value is -0.330. The van der Waals surface area contributed by atoms with E-state index in [9.17, 15) is 4.79 Å². The van der Waals surface area contributed by atoms with Crippen LogP contribution >= 0.6 is 35.0 Å². The van der Waals surface area contributed by atoms with Crippen LogP contribution in [0.4, 0.5) is 5.69 Å². The summed E-state index contributed by atoms with van der Waals surface area (Å²) in [5.41, 5.74) is 6.42. The first kappa shape index (κ1) is 15.7. The lowest BCUT2D eigenvalue weighted by atomic mass is 10.2. The Morgan fingerprint density at radius 1 is 1.56 bits per heavy atom. The van der Waals surface area contributed by atoms with Crippen LogP contribution in [-0.4, -0.2) is 11.9 Å². The Kier molecular flexibility index (Phi) is 7.70. The molecule has 0 spiro atoms. The molecule has 1 atom stereocenters. The monoisotopic (exact) mass is 354 g/mol. The second-order valence-electron chi connectivity index (χ2n) is 3.57. The van der Waals surface area contributed by atoms with Crippen LogP contribution < -0.4 is 11.1 Å². The van der Waals surface area contributed by atoms with E-state index in [0.29, 0.717) is 6.42 Å². The average Bonchev–Trinajstić information content (AvgIpc) is 2.15. The summed E-state index contributed by atoms with van der Waals surface area (Å²) in [6.45, 7) is 1.90. The lowest BCUT2D eigenvalue weighted by Crippen LogP contribution is -2.19. The van der Waals surface area contributed by atoms with Gasteiger partial charge in [0.15, 0.2) is 0 Å². The molecule has 1 unspecified atom stereocenters. The summed E-state index contributed by atoms with van der Waals surface area (Å²) < 4.78 is 1.11. The molecule has 0 heterocycles. The first-order valence-electron chi connectivity index (χ1n) is 4.89. The van der Waals surface area contributed by atoms with Crippen LogP contribution in [0.1, 0.15) is 19.8 Å². The minimum atomic E-state index is 0. The van der Waals surface area contributed by atoms with Crippen molar-refractivity contribution in [3.05, 3.63) is 27.8 Å². The minimum Gasteiger partial charge on any atom is -0.328 e. The highest BCUT2D eigenvalue weighted by molar-refractivity contribution is 14.1. The molecule has 90 valence electrons. The third-order valence-corrected chi connectivity index (χ3v) is 2.61. The fraction of sp³-hybridized carbons (Fsp3) is 0.364. The Bertz CT molecular complexity index is 345. The second kappa shape index (κ2) is 7.86. The van der Waals surface area contributed by atoms with E-state index in [4.69, 9.17) is 5.73 Å². The highest BCUT2D eigenvalue weighted by Crippen LogP contribution is 2.12. The molecule has 0 saturated heterocycles. The van der Waals surface area contributed by atoms with E-state index < -0.39 is 0 Å². The zero-order valence-electron chi connectivity index (χ0n) is 9.07. The molecule has 0 aliphatic heterocycles. The molecular formula is C11H16ClIN2O. The fourth-order valence-electron chi connectivity index (χ4n) is 1.15. The number of nitrogens with one attached hydrogen (secondary N) is 1. The number of benzene rings is 1. The van der Waals surface area contributed by atoms with Gasteiger partial charge in [-0.05, 0) is 54.1 Å². The molecule has 0 radical (unpaired) electrons. The molecule has 0 aliphatic rings. The fourth-order valence-corrected chi connectivity index (χ4v) is 1.69. The smallest absolute Gasteiger partial charge is 0.224 e. The lowest BCUT2D eigenvalue weighted by molar-refractivity contribution is -0.116. The van der Waals surface area contributed by atoms with Gasteiger partial charge in [-0.25, -0.2) is 0 Å². The van der Waals surface area contributed by atoms with Gasteiger partial charge in [-0.3, -0.25) is 4.79 Å². The number of amides is 1. The third-order valence-electron chi connectivity index (χ3n) is 1.94. The van der Waals surface area contributed by atoms with Crippen LogP contribution in [0.15, 0.2) is 24.3 Å². The van der Waals surface area contributed by atoms with Crippen molar-refractivity contribution in [2.75, 3.05) is 5.32 Å². The van der Waals surface area contributed by atoms with Crippen molar-refractivity contribution in [3.8, 4) is 0 Å². The normalized spacial score (nSPS) is 11.4. The van der Waals surface area contributed by atoms with Gasteiger partial charge in [0.25, 0.3) is 0 Å². The Morgan fingerprint density at radius 2 is 2.25 bits per heavy atom. The highest BCUT2D eigenvalue weighted by atomic mass is 127. The molecule has 0 aromatic heterocycles. The summed E-state index contributed by atoms with van der Waals surface area (Å²) in [4.78, 5) is 11.5. The Morgan fingerprint density at radius 3 is 2.81 bits per heavy atom. The number of hydrogen-bond donors (Lipinski definition) is 2. The van der Waals surface area contributed by atoms with Gasteiger partial charge in [0.1, 0.15) is 0 Å². The molecule has 3 N–H and O–H groups in total. The molecule has 1 aromatic carbocycles. The Balaban J connectivity index is 0.00000225. The number of nitrogens with two attached hydrogens (primary N) is 1. The largest absolute Gasteiger partial charge is 0.328 e. The van der Waals surface area contributed by atoms with Gasteiger partial charge in [0.2, 0.25) is 5.91 Å². The van der Waals surface area contributed by atoms with E-state index in [1.807, 2.05) is 31.2 Å². The number of hydrogen-bond acceptors (Lipinski definition) is 2. The van der Waals surface area contributed by atoms with Crippen molar-refractivity contribution in [3.63, 3.8) is 0 Å². The topological polar surface area (TPSA) is 55.1 Å². The molecule has 0 saturated carbocycles. The predicted molar refractivity (Wildman–Crippen MR) is 77.9 cm³/mol. The summed E-state index contributed by atoms with van der Waals surface area (Å²) in [7, 11) is 0. The van der Waals surface area contributed by atoms with Gasteiger partial charge in [-0.15, -0.1) is 12.4 Å². The molecule has 16 heavy (non-hydrogen) atoms. The number of anilines is 1. The van der Waals surface area contributed by atoms with E-state index in [1.54, 1.807) is 0 Å². The van der Waals surface area contributed by atoms with E-state index in [0.717, 1.165) is 15.7 Å². The molecule has 1 aromatic rings. The van der Waals surface area contributed by atoms with Gasteiger partial charge in [0, 0.05) is 21.7 Å². The van der Waals surface area contributed by atoms with Gasteiger partial charge in [-0.1, -0.05) is 6.07 Å². The first-order valence-corrected chi connectivity index (χ1v) is 5.97. The van der Waals surface area contributed by atoms with Crippen LogP contribution in [0, 0.1) is 3.57 Å². The van der Waals surface area contributed by atoms with E-state index in [1.165, 1.54) is 0 Å². The van der Waals surface area contributed by atoms with Gasteiger partial charge in [-0.2, -0.15) is 0 Å². The standard InChI is InChI=1S/C11H15IN2O.ClH/c1-8(13)5-6-11(15)14-10-4-2-3-9(12)7-10;/h2-4,7-8H,5-6,13H2,1H3,(H,14,15);1H. The van der Waals surface area contributed by atoms with Crippen LogP contribution in [0.5, 0.6) is 0 Å². The van der Waals surface area contributed by atoms with Crippen molar-refractivity contribution in [2.45, 2.75) is 25.8 Å². The average molecular weight is 355 g/mol. The summed E-state index contributed by atoms with van der Waals surface area (Å²) in [5, 5.41) is 2.84. The maximum absolute atomic E-state index is 11.5. The molecule has 5 heteroatoms. The van der Waals surface area contributed by atoms with Crippen LogP contribution in [0.2, 0.25) is 0 Å². The zero-order chi connectivity index (χ0) is 11.3. The maximum Gasteiger partial charge on any atom is 0.224 e.